The number of likely N-dealkylation sites (tertiary alicyclic amines) is 1. The highest BCUT2D eigenvalue weighted by atomic mass is 16.6. The maximum absolute atomic E-state index is 11.8. The first-order valence-corrected chi connectivity index (χ1v) is 6.69. The highest BCUT2D eigenvalue weighted by molar-refractivity contribution is 5.68. The predicted molar refractivity (Wildman–Crippen MR) is 70.2 cm³/mol. The Labute approximate surface area is 109 Å². The van der Waals surface area contributed by atoms with E-state index >= 15 is 0 Å². The average Bonchev–Trinajstić information content (AvgIpc) is 2.27. The van der Waals surface area contributed by atoms with E-state index in [0.29, 0.717) is 26.1 Å². The summed E-state index contributed by atoms with van der Waals surface area (Å²) in [6, 6.07) is 0. The van der Waals surface area contributed by atoms with E-state index in [1.165, 1.54) is 0 Å². The Kier molecular flexibility index (Phi) is 5.41. The number of nitrogens with two attached hydrogens (primary N) is 1. The predicted octanol–water partition coefficient (Wildman–Crippen LogP) is 1.34. The van der Waals surface area contributed by atoms with Crippen molar-refractivity contribution in [2.24, 2.45) is 11.7 Å². The van der Waals surface area contributed by atoms with E-state index in [4.69, 9.17) is 10.5 Å². The van der Waals surface area contributed by atoms with Crippen LogP contribution in [0.4, 0.5) is 4.79 Å². The first kappa shape index (κ1) is 15.2. The molecular formula is C13H26N2O3. The van der Waals surface area contributed by atoms with Crippen molar-refractivity contribution in [3.8, 4) is 0 Å². The molecule has 1 heterocycles. The Morgan fingerprint density at radius 2 is 2.00 bits per heavy atom. The van der Waals surface area contributed by atoms with Crippen LogP contribution in [0, 0.1) is 5.92 Å². The van der Waals surface area contributed by atoms with Crippen molar-refractivity contribution < 1.29 is 14.6 Å². The van der Waals surface area contributed by atoms with Gasteiger partial charge >= 0.3 is 6.09 Å². The highest BCUT2D eigenvalue weighted by Gasteiger charge is 2.29. The summed E-state index contributed by atoms with van der Waals surface area (Å²) in [4.78, 5) is 13.6. The van der Waals surface area contributed by atoms with Gasteiger partial charge in [-0.25, -0.2) is 4.79 Å². The third kappa shape index (κ3) is 4.82. The number of carbonyl (C=O) groups is 1. The summed E-state index contributed by atoms with van der Waals surface area (Å²) in [5.74, 6) is 0.257. The Balaban J connectivity index is 2.37. The summed E-state index contributed by atoms with van der Waals surface area (Å²) < 4.78 is 5.32. The van der Waals surface area contributed by atoms with Crippen LogP contribution in [0.5, 0.6) is 0 Å². The minimum Gasteiger partial charge on any atom is -0.444 e. The molecule has 0 saturated carbocycles. The number of hydrogen-bond donors (Lipinski definition) is 2. The molecule has 0 aromatic heterocycles. The second kappa shape index (κ2) is 6.38. The number of nitrogens with zero attached hydrogens (tertiary/aromatic N) is 1. The summed E-state index contributed by atoms with van der Waals surface area (Å²) in [5.41, 5.74) is 4.99. The molecule has 1 aliphatic heterocycles. The third-order valence-electron chi connectivity index (χ3n) is 3.20. The largest absolute Gasteiger partial charge is 0.444 e. The van der Waals surface area contributed by atoms with E-state index in [-0.39, 0.29) is 18.1 Å². The van der Waals surface area contributed by atoms with E-state index in [1.54, 1.807) is 4.90 Å². The van der Waals surface area contributed by atoms with Gasteiger partial charge in [-0.15, -0.1) is 0 Å². The molecule has 5 heteroatoms. The second-order valence-electron chi connectivity index (χ2n) is 5.95. The fraction of sp³-hybridized carbons (Fsp3) is 0.923. The molecule has 18 heavy (non-hydrogen) atoms. The Morgan fingerprint density at radius 3 is 2.44 bits per heavy atom. The van der Waals surface area contributed by atoms with E-state index in [1.807, 2.05) is 20.8 Å². The summed E-state index contributed by atoms with van der Waals surface area (Å²) in [6.45, 7) is 7.41. The fourth-order valence-corrected chi connectivity index (χ4v) is 2.20. The maximum Gasteiger partial charge on any atom is 0.410 e. The molecular weight excluding hydrogens is 232 g/mol. The van der Waals surface area contributed by atoms with E-state index in [2.05, 4.69) is 0 Å². The molecule has 0 bridgehead atoms. The van der Waals surface area contributed by atoms with Crippen LogP contribution in [-0.2, 0) is 4.74 Å². The molecule has 1 rings (SSSR count). The third-order valence-corrected chi connectivity index (χ3v) is 3.20. The summed E-state index contributed by atoms with van der Waals surface area (Å²) in [7, 11) is 0. The number of piperidine rings is 1. The van der Waals surface area contributed by atoms with E-state index in [9.17, 15) is 9.90 Å². The fourth-order valence-electron chi connectivity index (χ4n) is 2.20. The Hall–Kier alpha value is -0.810. The SMILES string of the molecule is CC(C)(C)OC(=O)N1CCC([C@H](O)CCN)CC1. The minimum absolute atomic E-state index is 0.255. The van der Waals surface area contributed by atoms with Gasteiger partial charge in [0.15, 0.2) is 0 Å². The van der Waals surface area contributed by atoms with E-state index in [0.717, 1.165) is 12.8 Å². The molecule has 0 aromatic carbocycles. The number of rotatable bonds is 3. The van der Waals surface area contributed by atoms with Crippen molar-refractivity contribution in [2.75, 3.05) is 19.6 Å². The van der Waals surface area contributed by atoms with Gasteiger partial charge in [0.05, 0.1) is 6.10 Å². The van der Waals surface area contributed by atoms with Gasteiger partial charge in [-0.3, -0.25) is 0 Å². The van der Waals surface area contributed by atoms with Crippen LogP contribution in [0.2, 0.25) is 0 Å². The van der Waals surface area contributed by atoms with Gasteiger partial charge in [0.2, 0.25) is 0 Å². The van der Waals surface area contributed by atoms with Crippen molar-refractivity contribution in [1.29, 1.82) is 0 Å². The van der Waals surface area contributed by atoms with Gasteiger partial charge in [0, 0.05) is 13.1 Å². The highest BCUT2D eigenvalue weighted by Crippen LogP contribution is 2.23. The molecule has 0 radical (unpaired) electrons. The van der Waals surface area contributed by atoms with Gasteiger partial charge in [-0.05, 0) is 52.5 Å². The molecule has 1 amide bonds. The van der Waals surface area contributed by atoms with Gasteiger partial charge in [-0.1, -0.05) is 0 Å². The van der Waals surface area contributed by atoms with E-state index < -0.39 is 5.60 Å². The molecule has 0 aliphatic carbocycles. The van der Waals surface area contributed by atoms with Crippen LogP contribution < -0.4 is 5.73 Å². The lowest BCUT2D eigenvalue weighted by Gasteiger charge is -2.35. The number of hydrogen-bond acceptors (Lipinski definition) is 4. The molecule has 1 saturated heterocycles. The molecule has 3 N–H and O–H groups in total. The maximum atomic E-state index is 11.8. The average molecular weight is 258 g/mol. The van der Waals surface area contributed by atoms with Gasteiger partial charge in [0.25, 0.3) is 0 Å². The Bertz CT molecular complexity index is 268. The van der Waals surface area contributed by atoms with Crippen LogP contribution in [0.25, 0.3) is 0 Å². The molecule has 0 unspecified atom stereocenters. The number of aliphatic hydroxyl groups excluding tert-OH is 1. The van der Waals surface area contributed by atoms with Crippen LogP contribution in [0.15, 0.2) is 0 Å². The molecule has 5 nitrogen and oxygen atoms in total. The Morgan fingerprint density at radius 1 is 1.44 bits per heavy atom. The monoisotopic (exact) mass is 258 g/mol. The molecule has 1 atom stereocenters. The zero-order valence-corrected chi connectivity index (χ0v) is 11.7. The molecule has 0 aromatic rings. The first-order valence-electron chi connectivity index (χ1n) is 6.69. The standard InChI is InChI=1S/C13H26N2O3/c1-13(2,3)18-12(17)15-8-5-10(6-9-15)11(16)4-7-14/h10-11,16H,4-9,14H2,1-3H3/t11-/m1/s1. The molecule has 106 valence electrons. The van der Waals surface area contributed by atoms with Crippen LogP contribution in [0.1, 0.15) is 40.0 Å². The zero-order valence-electron chi connectivity index (χ0n) is 11.7. The number of carbonyl (C=O) groups excluding carboxylic acids is 1. The van der Waals surface area contributed by atoms with Crippen molar-refractivity contribution in [3.05, 3.63) is 0 Å². The molecule has 1 fully saturated rings. The lowest BCUT2D eigenvalue weighted by Crippen LogP contribution is -2.43. The molecule has 0 spiro atoms. The smallest absolute Gasteiger partial charge is 0.410 e. The zero-order chi connectivity index (χ0) is 13.8. The topological polar surface area (TPSA) is 75.8 Å². The van der Waals surface area contributed by atoms with Crippen molar-refractivity contribution >= 4 is 6.09 Å². The van der Waals surface area contributed by atoms with Crippen molar-refractivity contribution in [3.63, 3.8) is 0 Å². The summed E-state index contributed by atoms with van der Waals surface area (Å²) in [5, 5.41) is 9.87. The van der Waals surface area contributed by atoms with Crippen LogP contribution in [-0.4, -0.2) is 47.4 Å². The molecule has 1 aliphatic rings. The van der Waals surface area contributed by atoms with Crippen molar-refractivity contribution in [1.82, 2.24) is 4.90 Å². The second-order valence-corrected chi connectivity index (χ2v) is 5.95. The van der Waals surface area contributed by atoms with Crippen LogP contribution >= 0.6 is 0 Å². The summed E-state index contributed by atoms with van der Waals surface area (Å²) in [6.07, 6.45) is 1.68. The normalized spacial score (nSPS) is 19.7. The summed E-state index contributed by atoms with van der Waals surface area (Å²) >= 11 is 0. The quantitative estimate of drug-likeness (QED) is 0.801. The van der Waals surface area contributed by atoms with Gasteiger partial charge in [-0.2, -0.15) is 0 Å². The minimum atomic E-state index is -0.451. The van der Waals surface area contributed by atoms with Crippen molar-refractivity contribution in [2.45, 2.75) is 51.7 Å². The van der Waals surface area contributed by atoms with Gasteiger partial charge in [0.1, 0.15) is 5.60 Å². The number of aliphatic hydroxyl groups is 1. The number of ether oxygens (including phenoxy) is 1. The van der Waals surface area contributed by atoms with Gasteiger partial charge < -0.3 is 20.5 Å². The number of amides is 1. The van der Waals surface area contributed by atoms with Crippen LogP contribution in [0.3, 0.4) is 0 Å². The lowest BCUT2D eigenvalue weighted by molar-refractivity contribution is 0.00721. The first-order chi connectivity index (χ1) is 8.33. The lowest BCUT2D eigenvalue weighted by atomic mass is 9.90.